The summed E-state index contributed by atoms with van der Waals surface area (Å²) in [5, 5.41) is 8.29. The topological polar surface area (TPSA) is 90.0 Å². The standard InChI is InChI=1S/C18H26N4O2/c1-3-4-7-12-22-18(24)15-9-6-5-8-14(15)16(21-22)17(23)20-11-10-13(2)19/h5-6,8-9,13H,3-4,7,10-12,19H2,1-2H3,(H,20,23). The molecule has 0 bridgehead atoms. The lowest BCUT2D eigenvalue weighted by Gasteiger charge is -2.12. The van der Waals surface area contributed by atoms with Gasteiger partial charge in [-0.3, -0.25) is 9.59 Å². The quantitative estimate of drug-likeness (QED) is 0.725. The summed E-state index contributed by atoms with van der Waals surface area (Å²) in [6.45, 7) is 5.01. The van der Waals surface area contributed by atoms with Gasteiger partial charge in [-0.2, -0.15) is 5.10 Å². The number of carbonyl (C=O) groups excluding carboxylic acids is 1. The monoisotopic (exact) mass is 330 g/mol. The highest BCUT2D eigenvalue weighted by Crippen LogP contribution is 2.13. The average Bonchev–Trinajstić information content (AvgIpc) is 2.56. The molecule has 1 unspecified atom stereocenters. The molecule has 0 aliphatic heterocycles. The number of hydrogen-bond donors (Lipinski definition) is 2. The summed E-state index contributed by atoms with van der Waals surface area (Å²) < 4.78 is 1.42. The maximum absolute atomic E-state index is 12.6. The van der Waals surface area contributed by atoms with Gasteiger partial charge in [0.05, 0.1) is 5.39 Å². The Hall–Kier alpha value is -2.21. The van der Waals surface area contributed by atoms with E-state index in [-0.39, 0.29) is 17.5 Å². The molecular formula is C18H26N4O2. The molecule has 1 heterocycles. The van der Waals surface area contributed by atoms with E-state index in [0.29, 0.717) is 36.0 Å². The van der Waals surface area contributed by atoms with Crippen molar-refractivity contribution >= 4 is 16.7 Å². The fourth-order valence-electron chi connectivity index (χ4n) is 2.56. The van der Waals surface area contributed by atoms with E-state index in [1.165, 1.54) is 4.68 Å². The summed E-state index contributed by atoms with van der Waals surface area (Å²) >= 11 is 0. The summed E-state index contributed by atoms with van der Waals surface area (Å²) in [4.78, 5) is 25.1. The third-order valence-electron chi connectivity index (χ3n) is 3.94. The van der Waals surface area contributed by atoms with Gasteiger partial charge in [-0.25, -0.2) is 4.68 Å². The Bertz CT molecular complexity index is 752. The molecule has 0 aliphatic rings. The number of carbonyl (C=O) groups is 1. The van der Waals surface area contributed by atoms with Crippen molar-refractivity contribution in [3.63, 3.8) is 0 Å². The van der Waals surface area contributed by atoms with Gasteiger partial charge in [0.15, 0.2) is 5.69 Å². The first-order chi connectivity index (χ1) is 11.5. The van der Waals surface area contributed by atoms with Gasteiger partial charge in [-0.15, -0.1) is 0 Å². The van der Waals surface area contributed by atoms with Crippen molar-refractivity contribution < 1.29 is 4.79 Å². The van der Waals surface area contributed by atoms with Crippen LogP contribution in [0.25, 0.3) is 10.8 Å². The molecule has 1 amide bonds. The lowest BCUT2D eigenvalue weighted by molar-refractivity contribution is 0.0947. The number of amides is 1. The molecule has 6 heteroatoms. The van der Waals surface area contributed by atoms with E-state index in [0.717, 1.165) is 19.3 Å². The van der Waals surface area contributed by atoms with Crippen LogP contribution in [0.1, 0.15) is 50.0 Å². The first kappa shape index (κ1) is 18.1. The van der Waals surface area contributed by atoms with Gasteiger partial charge in [-0.05, 0) is 25.8 Å². The van der Waals surface area contributed by atoms with Crippen molar-refractivity contribution in [2.24, 2.45) is 5.73 Å². The maximum atomic E-state index is 12.6. The second-order valence-electron chi connectivity index (χ2n) is 6.15. The molecule has 2 rings (SSSR count). The van der Waals surface area contributed by atoms with Crippen LogP contribution in [0.3, 0.4) is 0 Å². The van der Waals surface area contributed by atoms with Crippen molar-refractivity contribution in [2.75, 3.05) is 6.54 Å². The van der Waals surface area contributed by atoms with Crippen molar-refractivity contribution in [3.05, 3.63) is 40.3 Å². The van der Waals surface area contributed by atoms with E-state index >= 15 is 0 Å². The first-order valence-electron chi connectivity index (χ1n) is 8.58. The summed E-state index contributed by atoms with van der Waals surface area (Å²) in [5.41, 5.74) is 5.86. The van der Waals surface area contributed by atoms with Crippen LogP contribution in [0.2, 0.25) is 0 Å². The normalized spacial score (nSPS) is 12.3. The van der Waals surface area contributed by atoms with Gasteiger partial charge < -0.3 is 11.1 Å². The average molecular weight is 330 g/mol. The van der Waals surface area contributed by atoms with E-state index in [1.54, 1.807) is 18.2 Å². The van der Waals surface area contributed by atoms with Crippen LogP contribution in [0.5, 0.6) is 0 Å². The Kier molecular flexibility index (Phi) is 6.49. The van der Waals surface area contributed by atoms with E-state index < -0.39 is 0 Å². The van der Waals surface area contributed by atoms with Gasteiger partial charge in [0.1, 0.15) is 0 Å². The maximum Gasteiger partial charge on any atom is 0.274 e. The third-order valence-corrected chi connectivity index (χ3v) is 3.94. The second-order valence-corrected chi connectivity index (χ2v) is 6.15. The molecule has 130 valence electrons. The molecule has 0 aliphatic carbocycles. The molecule has 3 N–H and O–H groups in total. The molecule has 1 aromatic carbocycles. The molecule has 6 nitrogen and oxygen atoms in total. The highest BCUT2D eigenvalue weighted by Gasteiger charge is 2.16. The molecule has 1 aromatic heterocycles. The number of unbranched alkanes of at least 4 members (excludes halogenated alkanes) is 2. The SMILES string of the molecule is CCCCCn1nc(C(=O)NCCC(C)N)c2ccccc2c1=O. The zero-order valence-electron chi connectivity index (χ0n) is 14.4. The van der Waals surface area contributed by atoms with Gasteiger partial charge in [-0.1, -0.05) is 38.0 Å². The Balaban J connectivity index is 2.34. The Morgan fingerprint density at radius 3 is 2.67 bits per heavy atom. The third kappa shape index (κ3) is 4.41. The van der Waals surface area contributed by atoms with Crippen LogP contribution in [0.15, 0.2) is 29.1 Å². The number of rotatable bonds is 8. The van der Waals surface area contributed by atoms with Crippen LogP contribution < -0.4 is 16.6 Å². The zero-order chi connectivity index (χ0) is 17.5. The molecule has 24 heavy (non-hydrogen) atoms. The minimum atomic E-state index is -0.268. The summed E-state index contributed by atoms with van der Waals surface area (Å²) in [6, 6.07) is 7.15. The molecule has 0 fully saturated rings. The number of aryl methyl sites for hydroxylation is 1. The number of nitrogens with one attached hydrogen (secondary N) is 1. The van der Waals surface area contributed by atoms with Crippen molar-refractivity contribution in [1.82, 2.24) is 15.1 Å². The van der Waals surface area contributed by atoms with Crippen molar-refractivity contribution in [2.45, 2.75) is 52.1 Å². The Morgan fingerprint density at radius 2 is 2.00 bits per heavy atom. The van der Waals surface area contributed by atoms with Gasteiger partial charge in [0, 0.05) is 24.5 Å². The fourth-order valence-corrected chi connectivity index (χ4v) is 2.56. The van der Waals surface area contributed by atoms with Gasteiger partial charge >= 0.3 is 0 Å². The number of hydrogen-bond acceptors (Lipinski definition) is 4. The van der Waals surface area contributed by atoms with E-state index in [4.69, 9.17) is 5.73 Å². The van der Waals surface area contributed by atoms with Gasteiger partial charge in [0.2, 0.25) is 0 Å². The minimum absolute atomic E-state index is 0.0259. The highest BCUT2D eigenvalue weighted by atomic mass is 16.2. The van der Waals surface area contributed by atoms with Crippen LogP contribution in [-0.2, 0) is 6.54 Å². The molecule has 0 saturated heterocycles. The molecular weight excluding hydrogens is 304 g/mol. The van der Waals surface area contributed by atoms with Gasteiger partial charge in [0.25, 0.3) is 11.5 Å². The largest absolute Gasteiger partial charge is 0.351 e. The van der Waals surface area contributed by atoms with Crippen LogP contribution in [0, 0.1) is 0 Å². The molecule has 1 atom stereocenters. The predicted molar refractivity (Wildman–Crippen MR) is 96.1 cm³/mol. The number of nitrogens with zero attached hydrogens (tertiary/aromatic N) is 2. The molecule has 0 spiro atoms. The summed E-state index contributed by atoms with van der Waals surface area (Å²) in [6.07, 6.45) is 3.65. The van der Waals surface area contributed by atoms with Crippen molar-refractivity contribution in [1.29, 1.82) is 0 Å². The van der Waals surface area contributed by atoms with Crippen LogP contribution in [0.4, 0.5) is 0 Å². The first-order valence-corrected chi connectivity index (χ1v) is 8.58. The second kappa shape index (κ2) is 8.59. The van der Waals surface area contributed by atoms with E-state index in [1.807, 2.05) is 13.0 Å². The number of fused-ring (bicyclic) bond motifs is 1. The van der Waals surface area contributed by atoms with Crippen molar-refractivity contribution in [3.8, 4) is 0 Å². The predicted octanol–water partition coefficient (Wildman–Crippen LogP) is 2.05. The van der Waals surface area contributed by atoms with E-state index in [9.17, 15) is 9.59 Å². The minimum Gasteiger partial charge on any atom is -0.351 e. The number of nitrogens with two attached hydrogens (primary N) is 1. The zero-order valence-corrected chi connectivity index (χ0v) is 14.4. The molecule has 0 radical (unpaired) electrons. The smallest absolute Gasteiger partial charge is 0.274 e. The summed E-state index contributed by atoms with van der Waals surface area (Å²) in [5.74, 6) is -0.268. The van der Waals surface area contributed by atoms with E-state index in [2.05, 4.69) is 17.3 Å². The lowest BCUT2D eigenvalue weighted by atomic mass is 10.1. The Labute approximate surface area is 142 Å². The van der Waals surface area contributed by atoms with Crippen LogP contribution in [-0.4, -0.2) is 28.3 Å². The lowest BCUT2D eigenvalue weighted by Crippen LogP contribution is -2.32. The number of benzene rings is 1. The fraction of sp³-hybridized carbons (Fsp3) is 0.500. The highest BCUT2D eigenvalue weighted by molar-refractivity contribution is 6.04. The molecule has 0 saturated carbocycles. The number of aromatic nitrogens is 2. The Morgan fingerprint density at radius 1 is 1.29 bits per heavy atom. The van der Waals surface area contributed by atoms with Crippen LogP contribution >= 0.6 is 0 Å². The molecule has 2 aromatic rings. The summed E-state index contributed by atoms with van der Waals surface area (Å²) in [7, 11) is 0.